The van der Waals surface area contributed by atoms with Crippen molar-refractivity contribution >= 4 is 35.0 Å². The van der Waals surface area contributed by atoms with Gasteiger partial charge in [0.05, 0.1) is 13.0 Å². The number of methoxy groups -OCH3 is 1. The Bertz CT molecular complexity index is 1000. The number of aryl methyl sites for hydroxylation is 1. The van der Waals surface area contributed by atoms with Gasteiger partial charge in [0.15, 0.2) is 0 Å². The number of carbonyl (C=O) groups excluding carboxylic acids is 3. The largest absolute Gasteiger partial charge is 0.497 e. The number of halogens is 1. The summed E-state index contributed by atoms with van der Waals surface area (Å²) in [4.78, 5) is 43.4. The SMILES string of the molecule is COc1ccc(CCC(=O)N2CCN(C(=O)C3CC(=O)N(c4ccc(Cl)cc4)C3)CC2)cc1. The van der Waals surface area contributed by atoms with E-state index in [1.165, 1.54) is 0 Å². The van der Waals surface area contributed by atoms with Crippen molar-refractivity contribution in [1.29, 1.82) is 0 Å². The highest BCUT2D eigenvalue weighted by Crippen LogP contribution is 2.27. The standard InChI is InChI=1S/C25H28ClN3O4/c1-33-22-9-2-18(3-10-22)4-11-23(30)27-12-14-28(15-13-27)25(32)19-16-24(31)29(17-19)21-7-5-20(26)6-8-21/h2-3,5-10,19H,4,11-17H2,1H3. The van der Waals surface area contributed by atoms with Crippen molar-refractivity contribution in [2.45, 2.75) is 19.3 Å². The molecular formula is C25H28ClN3O4. The molecule has 2 heterocycles. The lowest BCUT2D eigenvalue weighted by atomic mass is 10.1. The van der Waals surface area contributed by atoms with E-state index in [2.05, 4.69) is 0 Å². The summed E-state index contributed by atoms with van der Waals surface area (Å²) in [7, 11) is 1.63. The molecule has 0 bridgehead atoms. The summed E-state index contributed by atoms with van der Waals surface area (Å²) in [6.45, 7) is 2.42. The lowest BCUT2D eigenvalue weighted by Crippen LogP contribution is -2.52. The van der Waals surface area contributed by atoms with Gasteiger partial charge in [-0.05, 0) is 48.4 Å². The number of carbonyl (C=O) groups is 3. The molecule has 1 unspecified atom stereocenters. The molecule has 2 aliphatic heterocycles. The number of anilines is 1. The summed E-state index contributed by atoms with van der Waals surface area (Å²) in [5.41, 5.74) is 1.85. The van der Waals surface area contributed by atoms with Crippen LogP contribution >= 0.6 is 11.6 Å². The molecule has 2 aromatic rings. The minimum Gasteiger partial charge on any atom is -0.497 e. The van der Waals surface area contributed by atoms with Crippen LogP contribution in [0.15, 0.2) is 48.5 Å². The van der Waals surface area contributed by atoms with Gasteiger partial charge in [-0.3, -0.25) is 14.4 Å². The molecule has 7 nitrogen and oxygen atoms in total. The molecule has 0 aliphatic carbocycles. The van der Waals surface area contributed by atoms with Gasteiger partial charge in [-0.15, -0.1) is 0 Å². The van der Waals surface area contributed by atoms with E-state index in [9.17, 15) is 14.4 Å². The topological polar surface area (TPSA) is 70.2 Å². The molecule has 2 aromatic carbocycles. The Morgan fingerprint density at radius 1 is 0.970 bits per heavy atom. The van der Waals surface area contributed by atoms with Gasteiger partial charge >= 0.3 is 0 Å². The highest BCUT2D eigenvalue weighted by molar-refractivity contribution is 6.30. The van der Waals surface area contributed by atoms with E-state index in [0.717, 1.165) is 17.0 Å². The van der Waals surface area contributed by atoms with Crippen LogP contribution in [-0.4, -0.2) is 67.4 Å². The molecule has 0 saturated carbocycles. The Labute approximate surface area is 198 Å². The molecule has 1 atom stereocenters. The Kier molecular flexibility index (Phi) is 7.18. The van der Waals surface area contributed by atoms with Crippen LogP contribution in [0, 0.1) is 5.92 Å². The van der Waals surface area contributed by atoms with Gasteiger partial charge in [0.1, 0.15) is 5.75 Å². The molecule has 2 saturated heterocycles. The zero-order valence-electron chi connectivity index (χ0n) is 18.7. The normalized spacial score (nSPS) is 18.5. The van der Waals surface area contributed by atoms with Gasteiger partial charge in [-0.2, -0.15) is 0 Å². The summed E-state index contributed by atoms with van der Waals surface area (Å²) < 4.78 is 5.16. The third-order valence-electron chi connectivity index (χ3n) is 6.34. The van der Waals surface area contributed by atoms with Crippen molar-refractivity contribution < 1.29 is 19.1 Å². The maximum atomic E-state index is 13.0. The second-order valence-corrected chi connectivity index (χ2v) is 8.87. The number of ether oxygens (including phenoxy) is 1. The minimum absolute atomic E-state index is 0.00912. The van der Waals surface area contributed by atoms with Crippen LogP contribution in [0.2, 0.25) is 5.02 Å². The third-order valence-corrected chi connectivity index (χ3v) is 6.60. The molecule has 4 rings (SSSR count). The molecule has 3 amide bonds. The molecular weight excluding hydrogens is 442 g/mol. The van der Waals surface area contributed by atoms with Crippen molar-refractivity contribution in [3.63, 3.8) is 0 Å². The zero-order valence-corrected chi connectivity index (χ0v) is 19.5. The van der Waals surface area contributed by atoms with Crippen molar-refractivity contribution in [3.8, 4) is 5.75 Å². The highest BCUT2D eigenvalue weighted by atomic mass is 35.5. The maximum absolute atomic E-state index is 13.0. The van der Waals surface area contributed by atoms with Crippen LogP contribution in [0.25, 0.3) is 0 Å². The average Bonchev–Trinajstić information content (AvgIpc) is 3.24. The summed E-state index contributed by atoms with van der Waals surface area (Å²) >= 11 is 5.93. The van der Waals surface area contributed by atoms with Crippen LogP contribution in [0.5, 0.6) is 5.75 Å². The first-order valence-corrected chi connectivity index (χ1v) is 11.6. The van der Waals surface area contributed by atoms with Crippen molar-refractivity contribution in [2.75, 3.05) is 44.7 Å². The minimum atomic E-state index is -0.356. The van der Waals surface area contributed by atoms with Crippen LogP contribution in [0.4, 0.5) is 5.69 Å². The fraction of sp³-hybridized carbons (Fsp3) is 0.400. The first-order chi connectivity index (χ1) is 15.9. The van der Waals surface area contributed by atoms with Crippen LogP contribution in [0.1, 0.15) is 18.4 Å². The number of piperazine rings is 1. The second-order valence-electron chi connectivity index (χ2n) is 8.44. The average molecular weight is 470 g/mol. The summed E-state index contributed by atoms with van der Waals surface area (Å²) in [6.07, 6.45) is 1.32. The molecule has 8 heteroatoms. The molecule has 0 N–H and O–H groups in total. The van der Waals surface area contributed by atoms with E-state index in [4.69, 9.17) is 16.3 Å². The maximum Gasteiger partial charge on any atom is 0.228 e. The van der Waals surface area contributed by atoms with Gasteiger partial charge in [0, 0.05) is 56.3 Å². The summed E-state index contributed by atoms with van der Waals surface area (Å²) in [5.74, 6) is 0.479. The number of hydrogen-bond acceptors (Lipinski definition) is 4. The predicted molar refractivity (Wildman–Crippen MR) is 126 cm³/mol. The Morgan fingerprint density at radius 3 is 2.24 bits per heavy atom. The molecule has 0 aromatic heterocycles. The van der Waals surface area contributed by atoms with Gasteiger partial charge in [0.2, 0.25) is 17.7 Å². The lowest BCUT2D eigenvalue weighted by Gasteiger charge is -2.36. The van der Waals surface area contributed by atoms with E-state index < -0.39 is 0 Å². The first-order valence-electron chi connectivity index (χ1n) is 11.2. The van der Waals surface area contributed by atoms with Crippen LogP contribution < -0.4 is 9.64 Å². The zero-order chi connectivity index (χ0) is 23.4. The lowest BCUT2D eigenvalue weighted by molar-refractivity contribution is -0.142. The van der Waals surface area contributed by atoms with E-state index in [1.54, 1.807) is 41.2 Å². The number of rotatable bonds is 6. The highest BCUT2D eigenvalue weighted by Gasteiger charge is 2.38. The van der Waals surface area contributed by atoms with E-state index in [1.807, 2.05) is 29.2 Å². The van der Waals surface area contributed by atoms with Gasteiger partial charge < -0.3 is 19.4 Å². The Balaban J connectivity index is 1.25. The van der Waals surface area contributed by atoms with E-state index >= 15 is 0 Å². The Morgan fingerprint density at radius 2 is 1.61 bits per heavy atom. The fourth-order valence-corrected chi connectivity index (χ4v) is 4.51. The second kappa shape index (κ2) is 10.3. The van der Waals surface area contributed by atoms with Crippen molar-refractivity contribution in [1.82, 2.24) is 9.80 Å². The Hall–Kier alpha value is -3.06. The number of hydrogen-bond donors (Lipinski definition) is 0. The number of amides is 3. The quantitative estimate of drug-likeness (QED) is 0.652. The van der Waals surface area contributed by atoms with Crippen molar-refractivity contribution in [2.24, 2.45) is 5.92 Å². The summed E-state index contributed by atoms with van der Waals surface area (Å²) in [6, 6.07) is 14.8. The molecule has 0 radical (unpaired) electrons. The molecule has 2 fully saturated rings. The van der Waals surface area contributed by atoms with Crippen LogP contribution in [-0.2, 0) is 20.8 Å². The molecule has 174 valence electrons. The predicted octanol–water partition coefficient (Wildman–Crippen LogP) is 3.01. The monoisotopic (exact) mass is 469 g/mol. The number of nitrogens with zero attached hydrogens (tertiary/aromatic N) is 3. The van der Waals surface area contributed by atoms with Gasteiger partial charge in [-0.25, -0.2) is 0 Å². The fourth-order valence-electron chi connectivity index (χ4n) is 4.38. The van der Waals surface area contributed by atoms with Crippen molar-refractivity contribution in [3.05, 3.63) is 59.1 Å². The summed E-state index contributed by atoms with van der Waals surface area (Å²) in [5, 5.41) is 0.606. The smallest absolute Gasteiger partial charge is 0.228 e. The third kappa shape index (κ3) is 5.47. The molecule has 33 heavy (non-hydrogen) atoms. The molecule has 0 spiro atoms. The van der Waals surface area contributed by atoms with Gasteiger partial charge in [-0.1, -0.05) is 23.7 Å². The van der Waals surface area contributed by atoms with Gasteiger partial charge in [0.25, 0.3) is 0 Å². The van der Waals surface area contributed by atoms with Crippen LogP contribution in [0.3, 0.4) is 0 Å². The van der Waals surface area contributed by atoms with E-state index in [-0.39, 0.29) is 30.1 Å². The first kappa shape index (κ1) is 23.1. The molecule has 2 aliphatic rings. The van der Waals surface area contributed by atoms with E-state index in [0.29, 0.717) is 50.6 Å². The number of benzene rings is 2.